The largest absolute Gasteiger partial charge is 0.488 e. The van der Waals surface area contributed by atoms with Crippen LogP contribution in [0.5, 0.6) is 5.75 Å². The molecule has 31 heavy (non-hydrogen) atoms. The molecule has 7 nitrogen and oxygen atoms in total. The summed E-state index contributed by atoms with van der Waals surface area (Å²) in [6.45, 7) is 12.8. The highest BCUT2D eigenvalue weighted by Crippen LogP contribution is 2.24. The smallest absolute Gasteiger partial charge is 0.191 e. The third-order valence-corrected chi connectivity index (χ3v) is 5.10. The van der Waals surface area contributed by atoms with Gasteiger partial charge in [0.15, 0.2) is 5.96 Å². The van der Waals surface area contributed by atoms with Crippen LogP contribution >= 0.6 is 24.0 Å². The third kappa shape index (κ3) is 7.99. The number of hydrogen-bond donors (Lipinski definition) is 2. The van der Waals surface area contributed by atoms with E-state index in [1.165, 1.54) is 11.3 Å². The van der Waals surface area contributed by atoms with Crippen molar-refractivity contribution >= 4 is 29.9 Å². The quantitative estimate of drug-likeness (QED) is 0.219. The Morgan fingerprint density at radius 3 is 2.77 bits per heavy atom. The number of nitrogens with zero attached hydrogens (tertiary/aromatic N) is 3. The van der Waals surface area contributed by atoms with Gasteiger partial charge < -0.3 is 20.1 Å². The fourth-order valence-electron chi connectivity index (χ4n) is 3.53. The Kier molecular flexibility index (Phi) is 10.6. The Hall–Kier alpha value is -1.81. The summed E-state index contributed by atoms with van der Waals surface area (Å²) >= 11 is 0. The number of ether oxygens (including phenoxy) is 2. The maximum absolute atomic E-state index is 6.20. The van der Waals surface area contributed by atoms with Crippen molar-refractivity contribution in [3.8, 4) is 5.75 Å². The van der Waals surface area contributed by atoms with Gasteiger partial charge in [-0.15, -0.1) is 24.0 Å². The van der Waals surface area contributed by atoms with Gasteiger partial charge in [-0.25, -0.2) is 4.99 Å². The molecule has 0 spiro atoms. The van der Waals surface area contributed by atoms with Gasteiger partial charge in [0.25, 0.3) is 0 Å². The Bertz CT molecular complexity index is 846. The number of aromatic nitrogens is 2. The first-order valence-corrected chi connectivity index (χ1v) is 10.9. The standard InChI is InChI=1S/C23H35N5O2.HI/c1-5-24-23(25-10-6-11-28-19(4)14-18(3)27-28)26-15-20-8-7-17(2)13-22(20)30-21-9-12-29-16-21;/h7-8,13-14,21H,5-6,9-12,15-16H2,1-4H3,(H2,24,25,26);1H. The van der Waals surface area contributed by atoms with Crippen molar-refractivity contribution in [1.29, 1.82) is 0 Å². The molecule has 0 aliphatic carbocycles. The van der Waals surface area contributed by atoms with E-state index in [4.69, 9.17) is 14.5 Å². The van der Waals surface area contributed by atoms with Gasteiger partial charge in [-0.1, -0.05) is 12.1 Å². The van der Waals surface area contributed by atoms with Crippen LogP contribution in [0, 0.1) is 20.8 Å². The van der Waals surface area contributed by atoms with Crippen molar-refractivity contribution in [2.24, 2.45) is 4.99 Å². The Balaban J connectivity index is 0.00000341. The summed E-state index contributed by atoms with van der Waals surface area (Å²) in [5, 5.41) is 11.3. The highest BCUT2D eigenvalue weighted by atomic mass is 127. The van der Waals surface area contributed by atoms with Crippen molar-refractivity contribution in [2.45, 2.75) is 59.7 Å². The predicted molar refractivity (Wildman–Crippen MR) is 136 cm³/mol. The molecule has 1 unspecified atom stereocenters. The van der Waals surface area contributed by atoms with E-state index in [9.17, 15) is 0 Å². The molecular weight excluding hydrogens is 505 g/mol. The maximum Gasteiger partial charge on any atom is 0.191 e. The number of aryl methyl sites for hydroxylation is 4. The lowest BCUT2D eigenvalue weighted by atomic mass is 10.1. The predicted octanol–water partition coefficient (Wildman–Crippen LogP) is 3.74. The molecule has 1 saturated heterocycles. The second-order valence-corrected chi connectivity index (χ2v) is 7.84. The summed E-state index contributed by atoms with van der Waals surface area (Å²) in [7, 11) is 0. The van der Waals surface area contributed by atoms with Crippen LogP contribution in [-0.2, 0) is 17.8 Å². The van der Waals surface area contributed by atoms with Crippen LogP contribution in [0.4, 0.5) is 0 Å². The minimum atomic E-state index is 0. The van der Waals surface area contributed by atoms with Crippen LogP contribution in [0.25, 0.3) is 0 Å². The minimum Gasteiger partial charge on any atom is -0.488 e. The van der Waals surface area contributed by atoms with Crippen LogP contribution in [0.15, 0.2) is 29.3 Å². The number of rotatable bonds is 9. The number of nitrogens with one attached hydrogen (secondary N) is 2. The first-order chi connectivity index (χ1) is 14.5. The summed E-state index contributed by atoms with van der Waals surface area (Å²) in [4.78, 5) is 4.78. The van der Waals surface area contributed by atoms with E-state index in [2.05, 4.69) is 65.5 Å². The lowest BCUT2D eigenvalue weighted by molar-refractivity contribution is 0.140. The Labute approximate surface area is 203 Å². The fourth-order valence-corrected chi connectivity index (χ4v) is 3.53. The van der Waals surface area contributed by atoms with Crippen LogP contribution < -0.4 is 15.4 Å². The molecule has 2 N–H and O–H groups in total. The van der Waals surface area contributed by atoms with Crippen molar-refractivity contribution in [1.82, 2.24) is 20.4 Å². The van der Waals surface area contributed by atoms with E-state index >= 15 is 0 Å². The third-order valence-electron chi connectivity index (χ3n) is 5.10. The molecule has 0 bridgehead atoms. The summed E-state index contributed by atoms with van der Waals surface area (Å²) in [5.74, 6) is 1.73. The van der Waals surface area contributed by atoms with Crippen LogP contribution in [0.2, 0.25) is 0 Å². The molecule has 2 aromatic rings. The normalized spacial score (nSPS) is 16.1. The van der Waals surface area contributed by atoms with Crippen molar-refractivity contribution < 1.29 is 9.47 Å². The van der Waals surface area contributed by atoms with Crippen molar-refractivity contribution in [3.63, 3.8) is 0 Å². The SMILES string of the molecule is CCNC(=NCc1ccc(C)cc1OC1CCOC1)NCCCn1nc(C)cc1C.I. The van der Waals surface area contributed by atoms with E-state index in [1.807, 2.05) is 6.92 Å². The minimum absolute atomic E-state index is 0. The molecule has 1 atom stereocenters. The molecule has 1 aliphatic rings. The van der Waals surface area contributed by atoms with Gasteiger partial charge in [0.1, 0.15) is 11.9 Å². The van der Waals surface area contributed by atoms with Crippen molar-refractivity contribution in [3.05, 3.63) is 46.8 Å². The number of halogens is 1. The second kappa shape index (κ2) is 12.9. The van der Waals surface area contributed by atoms with Gasteiger partial charge >= 0.3 is 0 Å². The molecular formula is C23H36IN5O2. The van der Waals surface area contributed by atoms with Crippen LogP contribution in [0.3, 0.4) is 0 Å². The topological polar surface area (TPSA) is 72.7 Å². The second-order valence-electron chi connectivity index (χ2n) is 7.84. The average molecular weight is 541 g/mol. The van der Waals surface area contributed by atoms with Gasteiger partial charge in [0.2, 0.25) is 0 Å². The Morgan fingerprint density at radius 2 is 2.10 bits per heavy atom. The van der Waals surface area contributed by atoms with E-state index in [0.29, 0.717) is 13.2 Å². The fraction of sp³-hybridized carbons (Fsp3) is 0.565. The number of benzene rings is 1. The van der Waals surface area contributed by atoms with Gasteiger partial charge in [0.05, 0.1) is 25.5 Å². The summed E-state index contributed by atoms with van der Waals surface area (Å²) in [6, 6.07) is 8.42. The number of hydrogen-bond acceptors (Lipinski definition) is 4. The Morgan fingerprint density at radius 1 is 1.26 bits per heavy atom. The molecule has 2 heterocycles. The highest BCUT2D eigenvalue weighted by Gasteiger charge is 2.18. The van der Waals surface area contributed by atoms with Crippen LogP contribution in [0.1, 0.15) is 42.3 Å². The maximum atomic E-state index is 6.20. The molecule has 0 radical (unpaired) electrons. The van der Waals surface area contributed by atoms with Crippen LogP contribution in [-0.4, -0.2) is 48.1 Å². The lowest BCUT2D eigenvalue weighted by Gasteiger charge is -2.16. The number of aliphatic imine (C=N–C) groups is 1. The van der Waals surface area contributed by atoms with E-state index in [0.717, 1.165) is 62.0 Å². The lowest BCUT2D eigenvalue weighted by Crippen LogP contribution is -2.38. The highest BCUT2D eigenvalue weighted by molar-refractivity contribution is 14.0. The van der Waals surface area contributed by atoms with Gasteiger partial charge in [-0.2, -0.15) is 5.10 Å². The molecule has 1 aromatic carbocycles. The molecule has 0 saturated carbocycles. The molecule has 8 heteroatoms. The van der Waals surface area contributed by atoms with E-state index in [-0.39, 0.29) is 30.1 Å². The van der Waals surface area contributed by atoms with E-state index < -0.39 is 0 Å². The summed E-state index contributed by atoms with van der Waals surface area (Å²) in [5.41, 5.74) is 4.54. The molecule has 1 fully saturated rings. The first-order valence-electron chi connectivity index (χ1n) is 10.9. The molecule has 3 rings (SSSR count). The van der Waals surface area contributed by atoms with E-state index in [1.54, 1.807) is 0 Å². The van der Waals surface area contributed by atoms with Crippen molar-refractivity contribution in [2.75, 3.05) is 26.3 Å². The molecule has 172 valence electrons. The summed E-state index contributed by atoms with van der Waals surface area (Å²) < 4.78 is 13.7. The first kappa shape index (κ1) is 25.5. The molecule has 1 aliphatic heterocycles. The molecule has 0 amide bonds. The average Bonchev–Trinajstić information content (AvgIpc) is 3.33. The summed E-state index contributed by atoms with van der Waals surface area (Å²) in [6.07, 6.45) is 2.05. The molecule has 1 aromatic heterocycles. The number of guanidine groups is 1. The van der Waals surface area contributed by atoms with Gasteiger partial charge in [0, 0.05) is 37.3 Å². The van der Waals surface area contributed by atoms with Gasteiger partial charge in [-0.05, 0) is 51.8 Å². The van der Waals surface area contributed by atoms with Gasteiger partial charge in [-0.3, -0.25) is 4.68 Å². The zero-order valence-corrected chi connectivity index (χ0v) is 21.4. The monoisotopic (exact) mass is 541 g/mol. The zero-order valence-electron chi connectivity index (χ0n) is 19.1. The zero-order chi connectivity index (χ0) is 21.3.